The second-order valence-corrected chi connectivity index (χ2v) is 5.55. The number of ether oxygens (including phenoxy) is 3. The quantitative estimate of drug-likeness (QED) is 0.378. The van der Waals surface area contributed by atoms with Gasteiger partial charge in [0.1, 0.15) is 18.1 Å². The third-order valence-electron chi connectivity index (χ3n) is 3.62. The van der Waals surface area contributed by atoms with E-state index in [4.69, 9.17) is 19.3 Å². The normalized spacial score (nSPS) is 10.2. The van der Waals surface area contributed by atoms with Crippen LogP contribution in [0.4, 0.5) is 0 Å². The second-order valence-electron chi connectivity index (χ2n) is 5.55. The molecule has 5 nitrogen and oxygen atoms in total. The highest BCUT2D eigenvalue weighted by molar-refractivity contribution is 5.81. The lowest BCUT2D eigenvalue weighted by molar-refractivity contribution is -0.137. The number of aliphatic hydroxyl groups excluding tert-OH is 1. The van der Waals surface area contributed by atoms with Gasteiger partial charge in [0.25, 0.3) is 0 Å². The predicted octanol–water partition coefficient (Wildman–Crippen LogP) is 3.61. The molecule has 0 spiro atoms. The first-order chi connectivity index (χ1) is 12.7. The Labute approximate surface area is 153 Å². The SMILES string of the molecule is C=CC(=O)OCCCCOc1ccc(-c2ccc(OCCO)cc2)cc1. The van der Waals surface area contributed by atoms with Gasteiger partial charge in [-0.05, 0) is 48.2 Å². The maximum Gasteiger partial charge on any atom is 0.330 e. The summed E-state index contributed by atoms with van der Waals surface area (Å²) >= 11 is 0. The fourth-order valence-corrected chi connectivity index (χ4v) is 2.28. The van der Waals surface area contributed by atoms with Crippen LogP contribution in [0.5, 0.6) is 11.5 Å². The van der Waals surface area contributed by atoms with Gasteiger partial charge in [0.05, 0.1) is 19.8 Å². The monoisotopic (exact) mass is 356 g/mol. The van der Waals surface area contributed by atoms with Gasteiger partial charge in [-0.25, -0.2) is 4.79 Å². The summed E-state index contributed by atoms with van der Waals surface area (Å²) < 4.78 is 15.9. The first-order valence-electron chi connectivity index (χ1n) is 8.59. The Balaban J connectivity index is 1.75. The Bertz CT molecular complexity index is 677. The summed E-state index contributed by atoms with van der Waals surface area (Å²) in [5.41, 5.74) is 2.17. The summed E-state index contributed by atoms with van der Waals surface area (Å²) in [6.45, 7) is 4.59. The summed E-state index contributed by atoms with van der Waals surface area (Å²) in [5.74, 6) is 1.15. The molecular formula is C21H24O5. The summed E-state index contributed by atoms with van der Waals surface area (Å²) in [7, 11) is 0. The fourth-order valence-electron chi connectivity index (χ4n) is 2.28. The summed E-state index contributed by atoms with van der Waals surface area (Å²) in [5, 5.41) is 8.76. The molecule has 0 amide bonds. The van der Waals surface area contributed by atoms with Crippen LogP contribution in [-0.4, -0.2) is 37.5 Å². The number of aliphatic hydroxyl groups is 1. The van der Waals surface area contributed by atoms with Crippen LogP contribution in [0.15, 0.2) is 61.2 Å². The Hall–Kier alpha value is -2.79. The molecule has 0 radical (unpaired) electrons. The minimum atomic E-state index is -0.394. The van der Waals surface area contributed by atoms with E-state index in [1.807, 2.05) is 48.5 Å². The third-order valence-corrected chi connectivity index (χ3v) is 3.62. The third kappa shape index (κ3) is 6.61. The summed E-state index contributed by atoms with van der Waals surface area (Å²) in [4.78, 5) is 10.9. The van der Waals surface area contributed by atoms with E-state index < -0.39 is 5.97 Å². The van der Waals surface area contributed by atoms with Gasteiger partial charge >= 0.3 is 5.97 Å². The lowest BCUT2D eigenvalue weighted by Gasteiger charge is -2.08. The molecule has 0 atom stereocenters. The van der Waals surface area contributed by atoms with Crippen molar-refractivity contribution in [2.75, 3.05) is 26.4 Å². The molecule has 0 saturated carbocycles. The second kappa shape index (κ2) is 10.9. The molecule has 0 aromatic heterocycles. The molecule has 0 bridgehead atoms. The van der Waals surface area contributed by atoms with Gasteiger partial charge in [0.2, 0.25) is 0 Å². The fraction of sp³-hybridized carbons (Fsp3) is 0.286. The van der Waals surface area contributed by atoms with Crippen LogP contribution < -0.4 is 9.47 Å². The van der Waals surface area contributed by atoms with Gasteiger partial charge in [0, 0.05) is 6.08 Å². The zero-order valence-electron chi connectivity index (χ0n) is 14.7. The van der Waals surface area contributed by atoms with E-state index >= 15 is 0 Å². The molecule has 138 valence electrons. The maximum atomic E-state index is 10.9. The Kier molecular flexibility index (Phi) is 8.23. The number of carbonyl (C=O) groups excluding carboxylic acids is 1. The summed E-state index contributed by atoms with van der Waals surface area (Å²) in [6.07, 6.45) is 2.72. The van der Waals surface area contributed by atoms with Gasteiger partial charge in [-0.3, -0.25) is 0 Å². The van der Waals surface area contributed by atoms with E-state index in [1.165, 1.54) is 0 Å². The molecule has 0 aliphatic carbocycles. The van der Waals surface area contributed by atoms with Crippen molar-refractivity contribution in [3.8, 4) is 22.6 Å². The highest BCUT2D eigenvalue weighted by atomic mass is 16.5. The van der Waals surface area contributed by atoms with Crippen molar-refractivity contribution in [1.29, 1.82) is 0 Å². The van der Waals surface area contributed by atoms with Crippen molar-refractivity contribution in [2.45, 2.75) is 12.8 Å². The molecule has 0 saturated heterocycles. The topological polar surface area (TPSA) is 65.0 Å². The van der Waals surface area contributed by atoms with Crippen molar-refractivity contribution in [1.82, 2.24) is 0 Å². The van der Waals surface area contributed by atoms with Crippen LogP contribution in [0, 0.1) is 0 Å². The average molecular weight is 356 g/mol. The lowest BCUT2D eigenvalue weighted by Crippen LogP contribution is -2.04. The van der Waals surface area contributed by atoms with Crippen LogP contribution in [0.1, 0.15) is 12.8 Å². The minimum absolute atomic E-state index is 0.00316. The molecule has 0 heterocycles. The molecule has 1 N–H and O–H groups in total. The number of hydrogen-bond acceptors (Lipinski definition) is 5. The van der Waals surface area contributed by atoms with Crippen LogP contribution >= 0.6 is 0 Å². The van der Waals surface area contributed by atoms with Crippen LogP contribution in [0.3, 0.4) is 0 Å². The number of hydrogen-bond donors (Lipinski definition) is 1. The number of esters is 1. The Morgan fingerprint density at radius 1 is 0.846 bits per heavy atom. The van der Waals surface area contributed by atoms with Gasteiger partial charge in [-0.2, -0.15) is 0 Å². The van der Waals surface area contributed by atoms with Crippen LogP contribution in [0.25, 0.3) is 11.1 Å². The Morgan fingerprint density at radius 3 is 1.85 bits per heavy atom. The van der Waals surface area contributed by atoms with E-state index in [-0.39, 0.29) is 6.61 Å². The molecule has 0 unspecified atom stereocenters. The standard InChI is InChI=1S/C21H24O5/c1-2-21(23)26-15-4-3-14-24-19-9-5-17(6-10-19)18-7-11-20(12-8-18)25-16-13-22/h2,5-12,22H,1,3-4,13-16H2. The smallest absolute Gasteiger partial charge is 0.330 e. The molecular weight excluding hydrogens is 332 g/mol. The molecule has 0 aliphatic rings. The number of rotatable bonds is 11. The molecule has 2 aromatic rings. The number of carbonyl (C=O) groups is 1. The Morgan fingerprint density at radius 2 is 1.35 bits per heavy atom. The van der Waals surface area contributed by atoms with Crippen molar-refractivity contribution in [3.05, 3.63) is 61.2 Å². The van der Waals surface area contributed by atoms with E-state index in [9.17, 15) is 4.79 Å². The summed E-state index contributed by atoms with van der Waals surface area (Å²) in [6, 6.07) is 15.6. The number of benzene rings is 2. The minimum Gasteiger partial charge on any atom is -0.494 e. The first-order valence-corrected chi connectivity index (χ1v) is 8.59. The maximum absolute atomic E-state index is 10.9. The van der Waals surface area contributed by atoms with E-state index in [1.54, 1.807) is 0 Å². The van der Waals surface area contributed by atoms with Gasteiger partial charge in [-0.1, -0.05) is 30.8 Å². The molecule has 5 heteroatoms. The predicted molar refractivity (Wildman–Crippen MR) is 100 cm³/mol. The zero-order valence-corrected chi connectivity index (χ0v) is 14.7. The molecule has 2 aromatic carbocycles. The number of unbranched alkanes of at least 4 members (excludes halogenated alkanes) is 1. The highest BCUT2D eigenvalue weighted by Crippen LogP contribution is 2.24. The molecule has 0 fully saturated rings. The van der Waals surface area contributed by atoms with Crippen molar-refractivity contribution >= 4 is 5.97 Å². The van der Waals surface area contributed by atoms with E-state index in [0.29, 0.717) is 19.8 Å². The first kappa shape index (κ1) is 19.5. The van der Waals surface area contributed by atoms with Crippen molar-refractivity contribution < 1.29 is 24.1 Å². The van der Waals surface area contributed by atoms with E-state index in [0.717, 1.165) is 41.5 Å². The highest BCUT2D eigenvalue weighted by Gasteiger charge is 2.01. The van der Waals surface area contributed by atoms with Gasteiger partial charge in [0.15, 0.2) is 0 Å². The van der Waals surface area contributed by atoms with E-state index in [2.05, 4.69) is 6.58 Å². The van der Waals surface area contributed by atoms with Crippen LogP contribution in [0.2, 0.25) is 0 Å². The van der Waals surface area contributed by atoms with Crippen molar-refractivity contribution in [3.63, 3.8) is 0 Å². The molecule has 2 rings (SSSR count). The van der Waals surface area contributed by atoms with Gasteiger partial charge in [-0.15, -0.1) is 0 Å². The largest absolute Gasteiger partial charge is 0.494 e. The molecule has 26 heavy (non-hydrogen) atoms. The average Bonchev–Trinajstić information content (AvgIpc) is 2.69. The van der Waals surface area contributed by atoms with Gasteiger partial charge < -0.3 is 19.3 Å². The molecule has 0 aliphatic heterocycles. The lowest BCUT2D eigenvalue weighted by atomic mass is 10.1. The van der Waals surface area contributed by atoms with Crippen LogP contribution in [-0.2, 0) is 9.53 Å². The van der Waals surface area contributed by atoms with Crippen molar-refractivity contribution in [2.24, 2.45) is 0 Å². The zero-order chi connectivity index (χ0) is 18.6.